The van der Waals surface area contributed by atoms with Crippen LogP contribution in [-0.2, 0) is 0 Å². The summed E-state index contributed by atoms with van der Waals surface area (Å²) in [5.41, 5.74) is 1.48. The average molecular weight is 317 g/mol. The largest absolute Gasteiger partial charge is 0.573 e. The predicted molar refractivity (Wildman–Crippen MR) is 66.3 cm³/mol. The zero-order chi connectivity index (χ0) is 13.2. The van der Waals surface area contributed by atoms with Crippen molar-refractivity contribution in [3.8, 4) is 16.9 Å². The van der Waals surface area contributed by atoms with E-state index in [4.69, 9.17) is 0 Å². The van der Waals surface area contributed by atoms with Crippen LogP contribution in [0.1, 0.15) is 0 Å². The van der Waals surface area contributed by atoms with Crippen molar-refractivity contribution in [2.75, 3.05) is 0 Å². The molecule has 0 N–H and O–H groups in total. The molecule has 0 saturated heterocycles. The lowest BCUT2D eigenvalue weighted by molar-refractivity contribution is -0.274. The summed E-state index contributed by atoms with van der Waals surface area (Å²) >= 11 is 3.17. The Kier molecular flexibility index (Phi) is 3.61. The minimum absolute atomic E-state index is 0.240. The first kappa shape index (κ1) is 13.0. The van der Waals surface area contributed by atoms with Crippen molar-refractivity contribution in [2.24, 2.45) is 0 Å². The van der Waals surface area contributed by atoms with Crippen molar-refractivity contribution in [3.05, 3.63) is 53.0 Å². The van der Waals surface area contributed by atoms with Gasteiger partial charge < -0.3 is 4.74 Å². The SMILES string of the molecule is FC(F)(F)Oc1cc(Br)cc(-c2ccccc2)c1. The maximum Gasteiger partial charge on any atom is 0.573 e. The Hall–Kier alpha value is -1.49. The molecule has 0 aliphatic heterocycles. The van der Waals surface area contributed by atoms with Gasteiger partial charge in [-0.15, -0.1) is 13.2 Å². The number of hydrogen-bond donors (Lipinski definition) is 0. The van der Waals surface area contributed by atoms with Crippen LogP contribution in [-0.4, -0.2) is 6.36 Å². The molecule has 0 fully saturated rings. The van der Waals surface area contributed by atoms with Gasteiger partial charge in [0, 0.05) is 4.47 Å². The molecule has 1 nitrogen and oxygen atoms in total. The van der Waals surface area contributed by atoms with Crippen molar-refractivity contribution >= 4 is 15.9 Å². The molecule has 0 atom stereocenters. The quantitative estimate of drug-likeness (QED) is 0.756. The molecule has 94 valence electrons. The van der Waals surface area contributed by atoms with Crippen molar-refractivity contribution in [1.82, 2.24) is 0 Å². The van der Waals surface area contributed by atoms with Gasteiger partial charge in [0.1, 0.15) is 5.75 Å². The van der Waals surface area contributed by atoms with Crippen LogP contribution >= 0.6 is 15.9 Å². The Labute approximate surface area is 110 Å². The number of ether oxygens (including phenoxy) is 1. The Morgan fingerprint density at radius 1 is 0.889 bits per heavy atom. The summed E-state index contributed by atoms with van der Waals surface area (Å²) in [6.07, 6.45) is -4.69. The molecule has 2 rings (SSSR count). The second-order valence-corrected chi connectivity index (χ2v) is 4.51. The van der Waals surface area contributed by atoms with Crippen LogP contribution in [0.4, 0.5) is 13.2 Å². The summed E-state index contributed by atoms with van der Waals surface area (Å²) in [6.45, 7) is 0. The first-order valence-corrected chi connectivity index (χ1v) is 5.85. The van der Waals surface area contributed by atoms with Gasteiger partial charge in [0.2, 0.25) is 0 Å². The molecule has 0 saturated carbocycles. The third kappa shape index (κ3) is 3.50. The van der Waals surface area contributed by atoms with Crippen LogP contribution < -0.4 is 4.74 Å². The van der Waals surface area contributed by atoms with E-state index in [2.05, 4.69) is 20.7 Å². The van der Waals surface area contributed by atoms with Crippen molar-refractivity contribution in [1.29, 1.82) is 0 Å². The van der Waals surface area contributed by atoms with Gasteiger partial charge in [0.05, 0.1) is 0 Å². The highest BCUT2D eigenvalue weighted by atomic mass is 79.9. The fourth-order valence-electron chi connectivity index (χ4n) is 1.55. The maximum absolute atomic E-state index is 12.2. The Morgan fingerprint density at radius 3 is 2.17 bits per heavy atom. The summed E-state index contributed by atoms with van der Waals surface area (Å²) in [7, 11) is 0. The summed E-state index contributed by atoms with van der Waals surface area (Å²) < 4.78 is 41.0. The molecule has 0 unspecified atom stereocenters. The molecular weight excluding hydrogens is 309 g/mol. The number of rotatable bonds is 2. The lowest BCUT2D eigenvalue weighted by Gasteiger charge is -2.11. The van der Waals surface area contributed by atoms with Gasteiger partial charge in [-0.2, -0.15) is 0 Å². The van der Waals surface area contributed by atoms with Gasteiger partial charge in [0.15, 0.2) is 0 Å². The van der Waals surface area contributed by atoms with Crippen LogP contribution in [0, 0.1) is 0 Å². The smallest absolute Gasteiger partial charge is 0.406 e. The van der Waals surface area contributed by atoms with Gasteiger partial charge in [-0.1, -0.05) is 46.3 Å². The average Bonchev–Trinajstić information content (AvgIpc) is 2.27. The fourth-order valence-corrected chi connectivity index (χ4v) is 2.02. The third-order valence-electron chi connectivity index (χ3n) is 2.21. The second kappa shape index (κ2) is 5.02. The molecule has 18 heavy (non-hydrogen) atoms. The third-order valence-corrected chi connectivity index (χ3v) is 2.67. The van der Waals surface area contributed by atoms with Crippen molar-refractivity contribution < 1.29 is 17.9 Å². The van der Waals surface area contributed by atoms with Gasteiger partial charge in [-0.05, 0) is 29.3 Å². The molecule has 0 amide bonds. The summed E-state index contributed by atoms with van der Waals surface area (Å²) in [5, 5.41) is 0. The van der Waals surface area contributed by atoms with E-state index < -0.39 is 6.36 Å². The highest BCUT2D eigenvalue weighted by Gasteiger charge is 2.31. The molecule has 5 heteroatoms. The first-order valence-electron chi connectivity index (χ1n) is 5.06. The van der Waals surface area contributed by atoms with Crippen LogP contribution in [0.3, 0.4) is 0 Å². The van der Waals surface area contributed by atoms with Gasteiger partial charge in [0.25, 0.3) is 0 Å². The zero-order valence-electron chi connectivity index (χ0n) is 9.04. The predicted octanol–water partition coefficient (Wildman–Crippen LogP) is 5.01. The van der Waals surface area contributed by atoms with E-state index in [1.807, 2.05) is 30.3 Å². The molecule has 0 aliphatic rings. The van der Waals surface area contributed by atoms with E-state index in [0.717, 1.165) is 5.56 Å². The number of halogens is 4. The molecular formula is C13H8BrF3O. The summed E-state index contributed by atoms with van der Waals surface area (Å²) in [5.74, 6) is -0.240. The highest BCUT2D eigenvalue weighted by Crippen LogP contribution is 2.31. The molecule has 0 bridgehead atoms. The van der Waals surface area contributed by atoms with Gasteiger partial charge in [-0.3, -0.25) is 0 Å². The monoisotopic (exact) mass is 316 g/mol. The summed E-state index contributed by atoms with van der Waals surface area (Å²) in [6, 6.07) is 13.5. The van der Waals surface area contributed by atoms with Gasteiger partial charge >= 0.3 is 6.36 Å². The molecule has 0 aromatic heterocycles. The highest BCUT2D eigenvalue weighted by molar-refractivity contribution is 9.10. The van der Waals surface area contributed by atoms with E-state index in [0.29, 0.717) is 10.0 Å². The van der Waals surface area contributed by atoms with Crippen LogP contribution in [0.25, 0.3) is 11.1 Å². The van der Waals surface area contributed by atoms with E-state index in [1.54, 1.807) is 6.07 Å². The summed E-state index contributed by atoms with van der Waals surface area (Å²) in [4.78, 5) is 0. The van der Waals surface area contributed by atoms with Crippen LogP contribution in [0.5, 0.6) is 5.75 Å². The number of hydrogen-bond acceptors (Lipinski definition) is 1. The van der Waals surface area contributed by atoms with Crippen LogP contribution in [0.2, 0.25) is 0 Å². The lowest BCUT2D eigenvalue weighted by Crippen LogP contribution is -2.17. The Morgan fingerprint density at radius 2 is 1.56 bits per heavy atom. The molecule has 0 heterocycles. The molecule has 0 aliphatic carbocycles. The van der Waals surface area contributed by atoms with E-state index in [9.17, 15) is 13.2 Å². The second-order valence-electron chi connectivity index (χ2n) is 3.59. The van der Waals surface area contributed by atoms with Crippen molar-refractivity contribution in [3.63, 3.8) is 0 Å². The molecule has 0 spiro atoms. The number of alkyl halides is 3. The first-order chi connectivity index (χ1) is 8.44. The molecule has 2 aromatic carbocycles. The minimum atomic E-state index is -4.69. The van der Waals surface area contributed by atoms with Crippen LogP contribution in [0.15, 0.2) is 53.0 Å². The standard InChI is InChI=1S/C13H8BrF3O/c14-11-6-10(9-4-2-1-3-5-9)7-12(8-11)18-13(15,16)17/h1-8H. The maximum atomic E-state index is 12.2. The van der Waals surface area contributed by atoms with Gasteiger partial charge in [-0.25, -0.2) is 0 Å². The molecule has 0 radical (unpaired) electrons. The molecule has 2 aromatic rings. The fraction of sp³-hybridized carbons (Fsp3) is 0.0769. The van der Waals surface area contributed by atoms with E-state index >= 15 is 0 Å². The topological polar surface area (TPSA) is 9.23 Å². The lowest BCUT2D eigenvalue weighted by atomic mass is 10.1. The minimum Gasteiger partial charge on any atom is -0.406 e. The Bertz CT molecular complexity index is 538. The van der Waals surface area contributed by atoms with Crippen molar-refractivity contribution in [2.45, 2.75) is 6.36 Å². The van der Waals surface area contributed by atoms with E-state index in [-0.39, 0.29) is 5.75 Å². The van der Waals surface area contributed by atoms with E-state index in [1.165, 1.54) is 12.1 Å². The Balaban J connectivity index is 2.39. The number of benzene rings is 2. The normalized spacial score (nSPS) is 11.3. The zero-order valence-corrected chi connectivity index (χ0v) is 10.6.